The first-order chi connectivity index (χ1) is 14.0. The first kappa shape index (κ1) is 25.4. The van der Waals surface area contributed by atoms with Crippen molar-refractivity contribution in [1.82, 2.24) is 5.32 Å². The monoisotopic (exact) mass is 403 g/mol. The van der Waals surface area contributed by atoms with Crippen LogP contribution < -0.4 is 5.32 Å². The summed E-state index contributed by atoms with van der Waals surface area (Å²) in [4.78, 5) is 24.7. The van der Waals surface area contributed by atoms with E-state index in [2.05, 4.69) is 12.2 Å². The Bertz CT molecular complexity index is 556. The molecule has 0 aliphatic heterocycles. The number of benzene rings is 1. The van der Waals surface area contributed by atoms with Crippen molar-refractivity contribution in [3.05, 3.63) is 35.9 Å². The summed E-state index contributed by atoms with van der Waals surface area (Å²) in [6, 6.07) is 8.58. The number of hydrogen-bond donors (Lipinski definition) is 2. The molecule has 0 spiro atoms. The van der Waals surface area contributed by atoms with E-state index in [0.29, 0.717) is 6.42 Å². The first-order valence-electron chi connectivity index (χ1n) is 11.6. The molecule has 2 N–H and O–H groups in total. The number of hydrogen-bond acceptors (Lipinski definition) is 3. The van der Waals surface area contributed by atoms with Crippen LogP contribution in [0.4, 0.5) is 0 Å². The topological polar surface area (TPSA) is 66.4 Å². The lowest BCUT2D eigenvalue weighted by atomic mass is 10.00. The molecule has 0 saturated carbocycles. The van der Waals surface area contributed by atoms with Gasteiger partial charge < -0.3 is 10.4 Å². The van der Waals surface area contributed by atoms with Gasteiger partial charge in [-0.05, 0) is 18.9 Å². The Hall–Kier alpha value is -1.68. The molecular weight excluding hydrogens is 362 g/mol. The zero-order valence-electron chi connectivity index (χ0n) is 18.5. The molecule has 164 valence electrons. The number of aliphatic hydroxyl groups is 1. The number of Topliss-reactive ketones (excluding diaryl/α,β-unsaturated/α-hetero) is 1. The Kier molecular flexibility index (Phi) is 14.1. The number of nitrogens with one attached hydrogen (secondary N) is 1. The molecule has 0 aliphatic rings. The molecule has 0 fully saturated rings. The van der Waals surface area contributed by atoms with Gasteiger partial charge in [0.2, 0.25) is 5.91 Å². The second-order valence-corrected chi connectivity index (χ2v) is 8.20. The quantitative estimate of drug-likeness (QED) is 0.344. The van der Waals surface area contributed by atoms with E-state index < -0.39 is 12.1 Å². The summed E-state index contributed by atoms with van der Waals surface area (Å²) in [5, 5.41) is 12.7. The maximum Gasteiger partial charge on any atom is 0.220 e. The molecule has 0 aromatic heterocycles. The SMILES string of the molecule is CCCCCCCCCCCCCC(=O)N[C@H](C(=O)Cc1ccccc1)[C@@H](C)O. The minimum atomic E-state index is -0.896. The van der Waals surface area contributed by atoms with E-state index in [4.69, 9.17) is 0 Å². The van der Waals surface area contributed by atoms with Crippen LogP contribution in [0.3, 0.4) is 0 Å². The predicted molar refractivity (Wildman–Crippen MR) is 120 cm³/mol. The van der Waals surface area contributed by atoms with Crippen LogP contribution in [0.5, 0.6) is 0 Å². The summed E-state index contributed by atoms with van der Waals surface area (Å²) < 4.78 is 0. The van der Waals surface area contributed by atoms with Crippen LogP contribution in [0.15, 0.2) is 30.3 Å². The highest BCUT2D eigenvalue weighted by molar-refractivity contribution is 5.90. The summed E-state index contributed by atoms with van der Waals surface area (Å²) >= 11 is 0. The molecule has 1 aromatic rings. The average molecular weight is 404 g/mol. The maximum absolute atomic E-state index is 12.5. The molecule has 1 rings (SSSR count). The Labute approximate surface area is 177 Å². The summed E-state index contributed by atoms with van der Waals surface area (Å²) in [7, 11) is 0. The molecule has 29 heavy (non-hydrogen) atoms. The van der Waals surface area contributed by atoms with Gasteiger partial charge in [0.25, 0.3) is 0 Å². The van der Waals surface area contributed by atoms with Crippen molar-refractivity contribution in [2.75, 3.05) is 0 Å². The van der Waals surface area contributed by atoms with Crippen LogP contribution in [0.1, 0.15) is 96.5 Å². The van der Waals surface area contributed by atoms with Gasteiger partial charge in [-0.2, -0.15) is 0 Å². The van der Waals surface area contributed by atoms with Gasteiger partial charge in [-0.1, -0.05) is 101 Å². The third kappa shape index (κ3) is 12.5. The molecule has 0 unspecified atom stereocenters. The second-order valence-electron chi connectivity index (χ2n) is 8.20. The van der Waals surface area contributed by atoms with Gasteiger partial charge >= 0.3 is 0 Å². The Morgan fingerprint density at radius 1 is 0.862 bits per heavy atom. The van der Waals surface area contributed by atoms with E-state index in [0.717, 1.165) is 24.8 Å². The van der Waals surface area contributed by atoms with Gasteiger partial charge in [0.05, 0.1) is 6.10 Å². The zero-order valence-corrected chi connectivity index (χ0v) is 18.5. The Balaban J connectivity index is 2.15. The number of ketones is 1. The molecule has 1 amide bonds. The molecule has 0 aliphatic carbocycles. The Morgan fingerprint density at radius 3 is 1.90 bits per heavy atom. The lowest BCUT2D eigenvalue weighted by Crippen LogP contribution is -2.48. The smallest absolute Gasteiger partial charge is 0.220 e. The Morgan fingerprint density at radius 2 is 1.38 bits per heavy atom. The lowest BCUT2D eigenvalue weighted by molar-refractivity contribution is -0.130. The number of aliphatic hydroxyl groups excluding tert-OH is 1. The fourth-order valence-corrected chi connectivity index (χ4v) is 3.57. The van der Waals surface area contributed by atoms with E-state index >= 15 is 0 Å². The van der Waals surface area contributed by atoms with E-state index in [-0.39, 0.29) is 18.1 Å². The van der Waals surface area contributed by atoms with Gasteiger partial charge in [-0.15, -0.1) is 0 Å². The van der Waals surface area contributed by atoms with Crippen molar-refractivity contribution in [2.24, 2.45) is 0 Å². The van der Waals surface area contributed by atoms with Crippen molar-refractivity contribution in [2.45, 2.75) is 109 Å². The molecule has 0 bridgehead atoms. The minimum absolute atomic E-state index is 0.145. The molecule has 0 heterocycles. The maximum atomic E-state index is 12.5. The highest BCUT2D eigenvalue weighted by Gasteiger charge is 2.25. The molecule has 0 radical (unpaired) electrons. The van der Waals surface area contributed by atoms with Crippen LogP contribution >= 0.6 is 0 Å². The minimum Gasteiger partial charge on any atom is -0.391 e. The number of amides is 1. The average Bonchev–Trinajstić information content (AvgIpc) is 2.70. The largest absolute Gasteiger partial charge is 0.391 e. The predicted octanol–water partition coefficient (Wildman–Crippen LogP) is 5.36. The summed E-state index contributed by atoms with van der Waals surface area (Å²) in [5.74, 6) is -0.299. The number of unbranched alkanes of at least 4 members (excludes halogenated alkanes) is 10. The summed E-state index contributed by atoms with van der Waals surface area (Å²) in [5.41, 5.74) is 0.891. The first-order valence-corrected chi connectivity index (χ1v) is 11.6. The van der Waals surface area contributed by atoms with Crippen molar-refractivity contribution >= 4 is 11.7 Å². The van der Waals surface area contributed by atoms with E-state index in [1.54, 1.807) is 6.92 Å². The fourth-order valence-electron chi connectivity index (χ4n) is 3.57. The van der Waals surface area contributed by atoms with E-state index in [9.17, 15) is 14.7 Å². The van der Waals surface area contributed by atoms with Crippen molar-refractivity contribution < 1.29 is 14.7 Å². The third-order valence-electron chi connectivity index (χ3n) is 5.37. The molecule has 0 saturated heterocycles. The number of carbonyl (C=O) groups excluding carboxylic acids is 2. The molecule has 4 nitrogen and oxygen atoms in total. The highest BCUT2D eigenvalue weighted by Crippen LogP contribution is 2.12. The normalized spacial score (nSPS) is 13.1. The molecule has 4 heteroatoms. The summed E-state index contributed by atoms with van der Waals surface area (Å²) in [6.07, 6.45) is 13.4. The summed E-state index contributed by atoms with van der Waals surface area (Å²) in [6.45, 7) is 3.80. The van der Waals surface area contributed by atoms with Crippen LogP contribution in [0.25, 0.3) is 0 Å². The van der Waals surface area contributed by atoms with Gasteiger partial charge in [-0.25, -0.2) is 0 Å². The van der Waals surface area contributed by atoms with Crippen LogP contribution in [-0.4, -0.2) is 28.9 Å². The molecular formula is C25H41NO3. The van der Waals surface area contributed by atoms with Crippen LogP contribution in [0.2, 0.25) is 0 Å². The number of carbonyl (C=O) groups is 2. The van der Waals surface area contributed by atoms with Crippen molar-refractivity contribution in [1.29, 1.82) is 0 Å². The highest BCUT2D eigenvalue weighted by atomic mass is 16.3. The van der Waals surface area contributed by atoms with Crippen molar-refractivity contribution in [3.8, 4) is 0 Å². The van der Waals surface area contributed by atoms with Crippen LogP contribution in [-0.2, 0) is 16.0 Å². The standard InChI is InChI=1S/C25H41NO3/c1-3-4-5-6-7-8-9-10-11-12-16-19-24(29)26-25(21(2)27)23(28)20-22-17-14-13-15-18-22/h13-15,17-18,21,25,27H,3-12,16,19-20H2,1-2H3,(H,26,29)/t21-,25+/m1/s1. The van der Waals surface area contributed by atoms with E-state index in [1.807, 2.05) is 30.3 Å². The van der Waals surface area contributed by atoms with Gasteiger partial charge in [-0.3, -0.25) is 9.59 Å². The zero-order chi connectivity index (χ0) is 21.3. The van der Waals surface area contributed by atoms with Gasteiger partial charge in [0, 0.05) is 12.8 Å². The number of rotatable bonds is 17. The van der Waals surface area contributed by atoms with Gasteiger partial charge in [0.15, 0.2) is 5.78 Å². The second kappa shape index (κ2) is 16.2. The van der Waals surface area contributed by atoms with Crippen molar-refractivity contribution in [3.63, 3.8) is 0 Å². The van der Waals surface area contributed by atoms with Crippen LogP contribution in [0, 0.1) is 0 Å². The molecule has 1 aromatic carbocycles. The fraction of sp³-hybridized carbons (Fsp3) is 0.680. The molecule has 2 atom stereocenters. The van der Waals surface area contributed by atoms with E-state index in [1.165, 1.54) is 51.4 Å². The third-order valence-corrected chi connectivity index (χ3v) is 5.37. The van der Waals surface area contributed by atoms with Gasteiger partial charge in [0.1, 0.15) is 6.04 Å². The lowest BCUT2D eigenvalue weighted by Gasteiger charge is -2.20.